The second-order valence-corrected chi connectivity index (χ2v) is 12.5. The zero-order chi connectivity index (χ0) is 16.9. The predicted molar refractivity (Wildman–Crippen MR) is 84.1 cm³/mol. The summed E-state index contributed by atoms with van der Waals surface area (Å²) in [5.74, 6) is 0.0653. The van der Waals surface area contributed by atoms with Crippen molar-refractivity contribution >= 4 is 20.2 Å². The van der Waals surface area contributed by atoms with Gasteiger partial charge in [-0.1, -0.05) is 20.8 Å². The number of piperidine rings is 1. The van der Waals surface area contributed by atoms with Crippen LogP contribution in [0.15, 0.2) is 0 Å². The molecule has 0 aromatic heterocycles. The van der Waals surface area contributed by atoms with E-state index in [4.69, 9.17) is 9.16 Å². The van der Waals surface area contributed by atoms with E-state index >= 15 is 0 Å². The molecule has 0 radical (unpaired) electrons. The molecule has 2 bridgehead atoms. The summed E-state index contributed by atoms with van der Waals surface area (Å²) >= 11 is 0. The standard InChI is InChI=1S/C15H27NO5Si/c1-15(2,3)22(5,6)21-13-11-8-9(17)7-10(12(13)18)16(11)14(19)20-4/h10-13,18H,7-8H2,1-6H3/t10-,11+,12-,13+/m0/s1. The first-order valence-corrected chi connectivity index (χ1v) is 10.6. The van der Waals surface area contributed by atoms with E-state index in [-0.39, 0.29) is 23.7 Å². The third-order valence-corrected chi connectivity index (χ3v) is 9.79. The maximum absolute atomic E-state index is 12.0. The molecule has 0 aliphatic carbocycles. The molecule has 1 amide bonds. The molecular weight excluding hydrogens is 302 g/mol. The number of carbonyl (C=O) groups excluding carboxylic acids is 2. The van der Waals surface area contributed by atoms with E-state index < -0.39 is 38.7 Å². The molecular formula is C15H27NO5Si. The Morgan fingerprint density at radius 3 is 2.32 bits per heavy atom. The number of carbonyl (C=O) groups is 2. The smallest absolute Gasteiger partial charge is 0.410 e. The van der Waals surface area contributed by atoms with Gasteiger partial charge >= 0.3 is 6.09 Å². The van der Waals surface area contributed by atoms with Crippen LogP contribution < -0.4 is 0 Å². The Morgan fingerprint density at radius 1 is 1.27 bits per heavy atom. The minimum atomic E-state index is -2.12. The number of nitrogens with zero attached hydrogens (tertiary/aromatic N) is 1. The van der Waals surface area contributed by atoms with Crippen molar-refractivity contribution in [2.45, 2.75) is 76.0 Å². The van der Waals surface area contributed by atoms with Gasteiger partial charge in [0.1, 0.15) is 11.9 Å². The zero-order valence-corrected chi connectivity index (χ0v) is 15.3. The molecule has 0 aromatic rings. The highest BCUT2D eigenvalue weighted by Gasteiger charge is 2.57. The second kappa shape index (κ2) is 5.61. The average Bonchev–Trinajstić information content (AvgIpc) is 2.55. The van der Waals surface area contributed by atoms with Crippen molar-refractivity contribution in [1.29, 1.82) is 0 Å². The first-order valence-electron chi connectivity index (χ1n) is 7.73. The number of Topliss-reactive ketones (excluding diaryl/α,β-unsaturated/α-hetero) is 1. The van der Waals surface area contributed by atoms with Crippen molar-refractivity contribution < 1.29 is 23.9 Å². The van der Waals surface area contributed by atoms with Gasteiger partial charge in [-0.25, -0.2) is 4.79 Å². The molecule has 22 heavy (non-hydrogen) atoms. The number of ether oxygens (including phenoxy) is 1. The summed E-state index contributed by atoms with van der Waals surface area (Å²) in [6, 6.07) is -0.962. The number of hydrogen-bond donors (Lipinski definition) is 1. The minimum Gasteiger partial charge on any atom is -0.453 e. The number of amides is 1. The molecule has 0 aromatic carbocycles. The van der Waals surface area contributed by atoms with E-state index in [1.165, 1.54) is 12.0 Å². The van der Waals surface area contributed by atoms with Gasteiger partial charge in [0.25, 0.3) is 0 Å². The van der Waals surface area contributed by atoms with E-state index in [1.807, 2.05) is 0 Å². The van der Waals surface area contributed by atoms with E-state index in [9.17, 15) is 14.7 Å². The Kier molecular flexibility index (Phi) is 4.45. The summed E-state index contributed by atoms with van der Waals surface area (Å²) in [5.41, 5.74) is 0. The minimum absolute atomic E-state index is 0.0104. The molecule has 7 heteroatoms. The summed E-state index contributed by atoms with van der Waals surface area (Å²) in [4.78, 5) is 25.4. The predicted octanol–water partition coefficient (Wildman–Crippen LogP) is 1.92. The van der Waals surface area contributed by atoms with Crippen molar-refractivity contribution in [3.8, 4) is 0 Å². The fourth-order valence-corrected chi connectivity index (χ4v) is 4.37. The molecule has 2 heterocycles. The summed E-state index contributed by atoms with van der Waals surface area (Å²) in [6.45, 7) is 10.6. The van der Waals surface area contributed by atoms with E-state index in [0.29, 0.717) is 0 Å². The Labute approximate surface area is 132 Å². The van der Waals surface area contributed by atoms with Crippen LogP contribution in [-0.4, -0.2) is 61.6 Å². The monoisotopic (exact) mass is 329 g/mol. The van der Waals surface area contributed by atoms with Crippen LogP contribution in [0, 0.1) is 0 Å². The Bertz CT molecular complexity index is 473. The van der Waals surface area contributed by atoms with Gasteiger partial charge in [0.15, 0.2) is 8.32 Å². The maximum atomic E-state index is 12.0. The van der Waals surface area contributed by atoms with Crippen LogP contribution >= 0.6 is 0 Å². The number of methoxy groups -OCH3 is 1. The van der Waals surface area contributed by atoms with Crippen molar-refractivity contribution in [3.05, 3.63) is 0 Å². The topological polar surface area (TPSA) is 76.1 Å². The van der Waals surface area contributed by atoms with Crippen LogP contribution in [0.4, 0.5) is 4.79 Å². The van der Waals surface area contributed by atoms with Crippen LogP contribution in [0.5, 0.6) is 0 Å². The van der Waals surface area contributed by atoms with Gasteiger partial charge in [-0.2, -0.15) is 0 Å². The van der Waals surface area contributed by atoms with E-state index in [1.54, 1.807) is 0 Å². The van der Waals surface area contributed by atoms with Crippen molar-refractivity contribution in [1.82, 2.24) is 4.90 Å². The van der Waals surface area contributed by atoms with Gasteiger partial charge in [0.2, 0.25) is 0 Å². The van der Waals surface area contributed by atoms with Crippen LogP contribution in [0.2, 0.25) is 18.1 Å². The molecule has 2 rings (SSSR count). The van der Waals surface area contributed by atoms with Gasteiger partial charge in [0.05, 0.1) is 25.3 Å². The third-order valence-electron chi connectivity index (χ3n) is 5.32. The number of rotatable bonds is 2. The Morgan fingerprint density at radius 2 is 1.82 bits per heavy atom. The molecule has 2 fully saturated rings. The number of hydrogen-bond acceptors (Lipinski definition) is 5. The van der Waals surface area contributed by atoms with E-state index in [0.717, 1.165) is 0 Å². The Hall–Kier alpha value is -0.923. The first-order chi connectivity index (χ1) is 9.99. The molecule has 0 saturated carbocycles. The lowest BCUT2D eigenvalue weighted by Crippen LogP contribution is -2.51. The van der Waals surface area contributed by atoms with Gasteiger partial charge < -0.3 is 14.3 Å². The molecule has 0 spiro atoms. The third kappa shape index (κ3) is 2.81. The zero-order valence-electron chi connectivity index (χ0n) is 14.3. The lowest BCUT2D eigenvalue weighted by atomic mass is 10.0. The number of fused-ring (bicyclic) bond motifs is 2. The van der Waals surface area contributed by atoms with Crippen molar-refractivity contribution in [3.63, 3.8) is 0 Å². The number of aliphatic hydroxyl groups is 1. The fourth-order valence-electron chi connectivity index (χ4n) is 3.04. The van der Waals surface area contributed by atoms with Gasteiger partial charge in [-0.3, -0.25) is 9.69 Å². The largest absolute Gasteiger partial charge is 0.453 e. The summed E-state index contributed by atoms with van der Waals surface area (Å²) in [7, 11) is -0.805. The number of ketones is 1. The number of aliphatic hydroxyl groups excluding tert-OH is 1. The van der Waals surface area contributed by atoms with Gasteiger partial charge in [0, 0.05) is 12.8 Å². The highest BCUT2D eigenvalue weighted by molar-refractivity contribution is 6.74. The molecule has 6 nitrogen and oxygen atoms in total. The first kappa shape index (κ1) is 17.4. The Balaban J connectivity index is 2.29. The highest BCUT2D eigenvalue weighted by Crippen LogP contribution is 2.43. The molecule has 4 atom stereocenters. The summed E-state index contributed by atoms with van der Waals surface area (Å²) in [5, 5.41) is 10.6. The summed E-state index contributed by atoms with van der Waals surface area (Å²) in [6.07, 6.45) is -1.46. The summed E-state index contributed by atoms with van der Waals surface area (Å²) < 4.78 is 11.2. The van der Waals surface area contributed by atoms with Crippen LogP contribution in [0.3, 0.4) is 0 Å². The quantitative estimate of drug-likeness (QED) is 0.783. The SMILES string of the molecule is COC(=O)N1[C@@H]2CC(=O)C[C@H]1[C@H](O)[C@@H]2O[Si](C)(C)C(C)(C)C. The van der Waals surface area contributed by atoms with Crippen LogP contribution in [0.1, 0.15) is 33.6 Å². The van der Waals surface area contributed by atoms with Crippen molar-refractivity contribution in [2.24, 2.45) is 0 Å². The average molecular weight is 329 g/mol. The lowest BCUT2D eigenvalue weighted by Gasteiger charge is -2.40. The van der Waals surface area contributed by atoms with Gasteiger partial charge in [-0.05, 0) is 18.1 Å². The molecule has 0 unspecified atom stereocenters. The van der Waals surface area contributed by atoms with Gasteiger partial charge in [-0.15, -0.1) is 0 Å². The van der Waals surface area contributed by atoms with Crippen LogP contribution in [-0.2, 0) is 14.0 Å². The molecule has 2 saturated heterocycles. The highest BCUT2D eigenvalue weighted by atomic mass is 28.4. The van der Waals surface area contributed by atoms with Crippen LogP contribution in [0.25, 0.3) is 0 Å². The maximum Gasteiger partial charge on any atom is 0.410 e. The fraction of sp³-hybridized carbons (Fsp3) is 0.867. The lowest BCUT2D eigenvalue weighted by molar-refractivity contribution is -0.123. The van der Waals surface area contributed by atoms with Crippen molar-refractivity contribution in [2.75, 3.05) is 7.11 Å². The molecule has 2 aliphatic heterocycles. The van der Waals surface area contributed by atoms with E-state index in [2.05, 4.69) is 33.9 Å². The molecule has 126 valence electrons. The molecule has 1 N–H and O–H groups in total. The molecule has 2 aliphatic rings. The second-order valence-electron chi connectivity index (χ2n) is 7.79. The normalized spacial score (nSPS) is 32.3.